The number of hydrogen-bond acceptors (Lipinski definition) is 5. The van der Waals surface area contributed by atoms with Gasteiger partial charge in [-0.2, -0.15) is 0 Å². The van der Waals surface area contributed by atoms with E-state index in [4.69, 9.17) is 9.47 Å². The molecule has 1 aromatic rings. The van der Waals surface area contributed by atoms with Crippen LogP contribution in [0.4, 0.5) is 0 Å². The standard InChI is InChI=1S/C11H16N2O3/c1-8(6-7-15-2)11(14)9-4-5-10(16-3)13-12-9/h4-5,8H,6-7H2,1-3H3. The molecule has 1 heterocycles. The number of ether oxygens (including phenoxy) is 2. The zero-order valence-corrected chi connectivity index (χ0v) is 9.77. The minimum atomic E-state index is -0.109. The van der Waals surface area contributed by atoms with Gasteiger partial charge in [-0.15, -0.1) is 10.2 Å². The second kappa shape index (κ2) is 6.17. The number of aromatic nitrogens is 2. The summed E-state index contributed by atoms with van der Waals surface area (Å²) in [4.78, 5) is 11.9. The average Bonchev–Trinajstić information content (AvgIpc) is 2.35. The molecule has 0 saturated heterocycles. The number of nitrogens with zero attached hydrogens (tertiary/aromatic N) is 2. The molecular weight excluding hydrogens is 208 g/mol. The predicted octanol–water partition coefficient (Wildman–Crippen LogP) is 1.34. The Morgan fingerprint density at radius 3 is 2.62 bits per heavy atom. The number of Topliss-reactive ketones (excluding diaryl/α,β-unsaturated/α-hetero) is 1. The lowest BCUT2D eigenvalue weighted by Crippen LogP contribution is -2.15. The fourth-order valence-corrected chi connectivity index (χ4v) is 1.24. The van der Waals surface area contributed by atoms with E-state index < -0.39 is 0 Å². The Kier molecular flexibility index (Phi) is 4.85. The molecule has 1 aromatic heterocycles. The molecule has 0 aromatic carbocycles. The van der Waals surface area contributed by atoms with Crippen molar-refractivity contribution in [1.82, 2.24) is 10.2 Å². The normalized spacial score (nSPS) is 12.2. The van der Waals surface area contributed by atoms with Gasteiger partial charge < -0.3 is 9.47 Å². The summed E-state index contributed by atoms with van der Waals surface area (Å²) in [5, 5.41) is 7.57. The van der Waals surface area contributed by atoms with Crippen LogP contribution in [0.25, 0.3) is 0 Å². The van der Waals surface area contributed by atoms with E-state index in [1.165, 1.54) is 7.11 Å². The van der Waals surface area contributed by atoms with Gasteiger partial charge in [0.05, 0.1) is 7.11 Å². The highest BCUT2D eigenvalue weighted by atomic mass is 16.5. The molecule has 0 aliphatic carbocycles. The first-order valence-electron chi connectivity index (χ1n) is 5.10. The Hall–Kier alpha value is -1.49. The van der Waals surface area contributed by atoms with Gasteiger partial charge in [-0.3, -0.25) is 4.79 Å². The van der Waals surface area contributed by atoms with Gasteiger partial charge in [0.2, 0.25) is 5.88 Å². The molecule has 0 aliphatic rings. The van der Waals surface area contributed by atoms with Gasteiger partial charge in [0.1, 0.15) is 5.69 Å². The molecule has 5 nitrogen and oxygen atoms in total. The second-order valence-corrected chi connectivity index (χ2v) is 3.51. The van der Waals surface area contributed by atoms with Crippen molar-refractivity contribution in [3.8, 4) is 5.88 Å². The van der Waals surface area contributed by atoms with Crippen molar-refractivity contribution >= 4 is 5.78 Å². The summed E-state index contributed by atoms with van der Waals surface area (Å²) in [6, 6.07) is 3.25. The van der Waals surface area contributed by atoms with Gasteiger partial charge in [-0.05, 0) is 12.5 Å². The molecule has 0 saturated carbocycles. The van der Waals surface area contributed by atoms with Crippen LogP contribution in [0, 0.1) is 5.92 Å². The minimum absolute atomic E-state index is 0.0211. The van der Waals surface area contributed by atoms with Crippen LogP contribution in [0.15, 0.2) is 12.1 Å². The van der Waals surface area contributed by atoms with Gasteiger partial charge in [0.25, 0.3) is 0 Å². The monoisotopic (exact) mass is 224 g/mol. The van der Waals surface area contributed by atoms with Crippen LogP contribution in [0.3, 0.4) is 0 Å². The van der Waals surface area contributed by atoms with E-state index in [-0.39, 0.29) is 11.7 Å². The Morgan fingerprint density at radius 2 is 2.12 bits per heavy atom. The van der Waals surface area contributed by atoms with E-state index >= 15 is 0 Å². The molecule has 0 bridgehead atoms. The fraction of sp³-hybridized carbons (Fsp3) is 0.545. The molecule has 0 spiro atoms. The van der Waals surface area contributed by atoms with Crippen molar-refractivity contribution in [3.05, 3.63) is 17.8 Å². The van der Waals surface area contributed by atoms with Crippen LogP contribution >= 0.6 is 0 Å². The van der Waals surface area contributed by atoms with E-state index in [1.54, 1.807) is 19.2 Å². The number of hydrogen-bond donors (Lipinski definition) is 0. The molecule has 0 amide bonds. The molecule has 88 valence electrons. The lowest BCUT2D eigenvalue weighted by Gasteiger charge is -2.08. The van der Waals surface area contributed by atoms with Gasteiger partial charge in [-0.1, -0.05) is 6.92 Å². The van der Waals surface area contributed by atoms with E-state index in [9.17, 15) is 4.79 Å². The van der Waals surface area contributed by atoms with E-state index in [1.807, 2.05) is 6.92 Å². The molecular formula is C11H16N2O3. The Labute approximate surface area is 94.8 Å². The van der Waals surface area contributed by atoms with Gasteiger partial charge in [0, 0.05) is 25.7 Å². The number of rotatable bonds is 6. The van der Waals surface area contributed by atoms with Crippen LogP contribution in [-0.2, 0) is 4.74 Å². The predicted molar refractivity (Wildman–Crippen MR) is 58.6 cm³/mol. The summed E-state index contributed by atoms with van der Waals surface area (Å²) < 4.78 is 9.80. The van der Waals surface area contributed by atoms with Crippen LogP contribution in [0.5, 0.6) is 5.88 Å². The molecule has 5 heteroatoms. The first-order chi connectivity index (χ1) is 7.69. The maximum atomic E-state index is 11.9. The first kappa shape index (κ1) is 12.6. The third kappa shape index (κ3) is 3.27. The largest absolute Gasteiger partial charge is 0.480 e. The smallest absolute Gasteiger partial charge is 0.233 e. The Balaban J connectivity index is 2.64. The number of ketones is 1. The van der Waals surface area contributed by atoms with Gasteiger partial charge in [0.15, 0.2) is 5.78 Å². The Morgan fingerprint density at radius 1 is 1.38 bits per heavy atom. The molecule has 1 rings (SSSR count). The lowest BCUT2D eigenvalue weighted by atomic mass is 10.0. The van der Waals surface area contributed by atoms with Crippen molar-refractivity contribution in [2.45, 2.75) is 13.3 Å². The average molecular weight is 224 g/mol. The van der Waals surface area contributed by atoms with Crippen molar-refractivity contribution in [1.29, 1.82) is 0 Å². The quantitative estimate of drug-likeness (QED) is 0.682. The molecule has 0 fully saturated rings. The molecule has 0 radical (unpaired) electrons. The summed E-state index contributed by atoms with van der Waals surface area (Å²) in [6.07, 6.45) is 0.684. The van der Waals surface area contributed by atoms with Crippen LogP contribution in [-0.4, -0.2) is 36.8 Å². The fourth-order valence-electron chi connectivity index (χ4n) is 1.24. The highest BCUT2D eigenvalue weighted by Crippen LogP contribution is 2.11. The number of carbonyl (C=O) groups is 1. The van der Waals surface area contributed by atoms with Gasteiger partial charge in [-0.25, -0.2) is 0 Å². The zero-order chi connectivity index (χ0) is 12.0. The molecule has 0 aliphatic heterocycles. The van der Waals surface area contributed by atoms with Crippen molar-refractivity contribution in [2.24, 2.45) is 5.92 Å². The van der Waals surface area contributed by atoms with E-state index in [2.05, 4.69) is 10.2 Å². The molecule has 0 N–H and O–H groups in total. The van der Waals surface area contributed by atoms with Crippen LogP contribution in [0.2, 0.25) is 0 Å². The highest BCUT2D eigenvalue weighted by molar-refractivity contribution is 5.95. The Bertz CT molecular complexity index is 338. The van der Waals surface area contributed by atoms with E-state index in [0.29, 0.717) is 24.6 Å². The lowest BCUT2D eigenvalue weighted by molar-refractivity contribution is 0.0887. The summed E-state index contributed by atoms with van der Waals surface area (Å²) in [7, 11) is 3.12. The molecule has 1 unspecified atom stereocenters. The summed E-state index contributed by atoms with van der Waals surface area (Å²) in [6.45, 7) is 2.42. The summed E-state index contributed by atoms with van der Waals surface area (Å²) in [5.41, 5.74) is 0.365. The number of carbonyl (C=O) groups excluding carboxylic acids is 1. The summed E-state index contributed by atoms with van der Waals surface area (Å²) >= 11 is 0. The van der Waals surface area contributed by atoms with Crippen molar-refractivity contribution in [2.75, 3.05) is 20.8 Å². The molecule has 16 heavy (non-hydrogen) atoms. The van der Waals surface area contributed by atoms with Crippen LogP contribution in [0.1, 0.15) is 23.8 Å². The van der Waals surface area contributed by atoms with Crippen molar-refractivity contribution < 1.29 is 14.3 Å². The highest BCUT2D eigenvalue weighted by Gasteiger charge is 2.16. The first-order valence-corrected chi connectivity index (χ1v) is 5.10. The maximum absolute atomic E-state index is 11.9. The van der Waals surface area contributed by atoms with Crippen molar-refractivity contribution in [3.63, 3.8) is 0 Å². The third-order valence-corrected chi connectivity index (χ3v) is 2.30. The van der Waals surface area contributed by atoms with Gasteiger partial charge >= 0.3 is 0 Å². The number of methoxy groups -OCH3 is 2. The second-order valence-electron chi connectivity index (χ2n) is 3.51. The topological polar surface area (TPSA) is 61.3 Å². The summed E-state index contributed by atoms with van der Waals surface area (Å²) in [5.74, 6) is 0.274. The van der Waals surface area contributed by atoms with E-state index in [0.717, 1.165) is 0 Å². The molecule has 1 atom stereocenters. The maximum Gasteiger partial charge on any atom is 0.233 e. The van der Waals surface area contributed by atoms with Crippen LogP contribution < -0.4 is 4.74 Å². The zero-order valence-electron chi connectivity index (χ0n) is 9.77. The minimum Gasteiger partial charge on any atom is -0.480 e. The SMILES string of the molecule is COCCC(C)C(=O)c1ccc(OC)nn1. The third-order valence-electron chi connectivity index (χ3n) is 2.30.